The fourth-order valence-electron chi connectivity index (χ4n) is 8.62. The maximum Gasteiger partial charge on any atom is 0.285 e. The van der Waals surface area contributed by atoms with Crippen molar-refractivity contribution in [1.29, 1.82) is 0 Å². The molecule has 0 bridgehead atoms. The standard InChI is InChI=1S/C17H19NO7.C9H17NO5.C9H16O5.C8H5NO3.CH2Cl2.2Y/c1-17(2)24-12-11(23-16(21-3)13(12)25-17)8-22-18-14(19)9-6-4-5-7-10(9)15(18)20;1-9(2)14-6-5(4-12-10)13-8(11-3)7(6)15-9;1-9(2)13-6-5(4-10)12-8(11-3)7(6)14-9;10-7-5-3-1-2-4-6(5)8(11)9(7)12;2-1-3;;/h4-7,11-13,16H,8H2,1-3H3;5-8H,4,10H2,1-3H3;5-8,10H,4H2,1-3H3;1-4,12H;1H2;;/t11-,12-,13-,16?;2*5-,6-,7-,8?;;;;/m111..../s1. The first-order valence-electron chi connectivity index (χ1n) is 21.6. The summed E-state index contributed by atoms with van der Waals surface area (Å²) in [5.41, 5.74) is 1.16. The Morgan fingerprint density at radius 1 is 0.549 bits per heavy atom. The topological polar surface area (TPSA) is 270 Å². The molecule has 4 amide bonds. The van der Waals surface area contributed by atoms with Gasteiger partial charge in [-0.2, -0.15) is 0 Å². The van der Waals surface area contributed by atoms with E-state index in [1.807, 2.05) is 27.7 Å². The third-order valence-corrected chi connectivity index (χ3v) is 11.4. The van der Waals surface area contributed by atoms with Crippen LogP contribution >= 0.6 is 23.2 Å². The third kappa shape index (κ3) is 14.3. The van der Waals surface area contributed by atoms with Crippen molar-refractivity contribution in [2.24, 2.45) is 5.90 Å². The summed E-state index contributed by atoms with van der Waals surface area (Å²) in [6.07, 6.45) is -4.27. The number of benzene rings is 2. The molecule has 8 aliphatic rings. The summed E-state index contributed by atoms with van der Waals surface area (Å²) in [7, 11) is 4.64. The first kappa shape index (κ1) is 62.4. The number of hydrogen-bond acceptors (Lipinski definition) is 21. The number of hydrogen-bond donors (Lipinski definition) is 3. The molecule has 2 radical (unpaired) electrons. The second kappa shape index (κ2) is 26.7. The van der Waals surface area contributed by atoms with Crippen molar-refractivity contribution in [3.05, 3.63) is 70.8 Å². The molecule has 0 saturated carbocycles. The van der Waals surface area contributed by atoms with Crippen molar-refractivity contribution in [2.75, 3.05) is 46.5 Å². The molecule has 2 aromatic rings. The van der Waals surface area contributed by atoms with Gasteiger partial charge in [-0.3, -0.25) is 29.2 Å². The summed E-state index contributed by atoms with van der Waals surface area (Å²) < 4.78 is 66.5. The maximum atomic E-state index is 12.3. The van der Waals surface area contributed by atoms with Gasteiger partial charge in [0.1, 0.15) is 61.5 Å². The summed E-state index contributed by atoms with van der Waals surface area (Å²) in [4.78, 5) is 56.8. The zero-order valence-corrected chi connectivity index (χ0v) is 47.7. The summed E-state index contributed by atoms with van der Waals surface area (Å²) >= 11 is 9.53. The number of alkyl halides is 2. The summed E-state index contributed by atoms with van der Waals surface area (Å²) in [5.74, 6) is 0.757. The van der Waals surface area contributed by atoms with Gasteiger partial charge in [-0.05, 0) is 65.8 Å². The largest absolute Gasteiger partial charge is 0.394 e. The van der Waals surface area contributed by atoms with Gasteiger partial charge in [0.2, 0.25) is 0 Å². The molecule has 12 atom stereocenters. The number of halogens is 2. The van der Waals surface area contributed by atoms with Crippen molar-refractivity contribution in [3.8, 4) is 0 Å². The molecular weight excluding hydrogens is 1140 g/mol. The molecule has 27 heteroatoms. The number of nitrogens with two attached hydrogens (primary N) is 1. The smallest absolute Gasteiger partial charge is 0.285 e. The van der Waals surface area contributed by atoms with Crippen LogP contribution in [0, 0.1) is 0 Å². The van der Waals surface area contributed by atoms with Gasteiger partial charge in [0.05, 0.1) is 40.8 Å². The van der Waals surface area contributed by atoms with E-state index in [9.17, 15) is 19.2 Å². The zero-order chi connectivity index (χ0) is 50.6. The molecule has 6 fully saturated rings. The normalized spacial score (nSPS) is 32.5. The number of aliphatic hydroxyl groups is 1. The predicted molar refractivity (Wildman–Crippen MR) is 234 cm³/mol. The van der Waals surface area contributed by atoms with E-state index in [0.29, 0.717) is 11.1 Å². The molecule has 0 spiro atoms. The van der Waals surface area contributed by atoms with Crippen molar-refractivity contribution in [2.45, 2.75) is 133 Å². The minimum Gasteiger partial charge on any atom is -0.394 e. The van der Waals surface area contributed by atoms with E-state index in [0.717, 1.165) is 5.06 Å². The van der Waals surface area contributed by atoms with Gasteiger partial charge >= 0.3 is 0 Å². The van der Waals surface area contributed by atoms with Crippen LogP contribution < -0.4 is 5.90 Å². The number of amides is 4. The Hall–Kier alpha value is -1.17. The van der Waals surface area contributed by atoms with Crippen molar-refractivity contribution in [1.82, 2.24) is 10.1 Å². The number of ether oxygens (including phenoxy) is 12. The summed E-state index contributed by atoms with van der Waals surface area (Å²) in [6.45, 7) is 11.2. The molecule has 6 saturated heterocycles. The van der Waals surface area contributed by atoms with E-state index in [1.165, 1.54) is 19.2 Å². The van der Waals surface area contributed by atoms with Crippen LogP contribution in [0.1, 0.15) is 83.0 Å². The number of nitrogens with zero attached hydrogens (tertiary/aromatic N) is 2. The van der Waals surface area contributed by atoms with Gasteiger partial charge in [0.25, 0.3) is 23.6 Å². The fraction of sp³-hybridized carbons (Fsp3) is 0.636. The molecule has 0 aliphatic carbocycles. The Labute approximate surface area is 470 Å². The average molecular weight is 1200 g/mol. The zero-order valence-electron chi connectivity index (χ0n) is 40.5. The molecule has 23 nitrogen and oxygen atoms in total. The van der Waals surface area contributed by atoms with Crippen LogP contribution in [0.15, 0.2) is 48.5 Å². The molecule has 8 heterocycles. The van der Waals surface area contributed by atoms with E-state index in [1.54, 1.807) is 64.5 Å². The summed E-state index contributed by atoms with van der Waals surface area (Å²) in [6, 6.07) is 12.9. The molecule has 0 aromatic heterocycles. The number of carbonyl (C=O) groups is 4. The third-order valence-electron chi connectivity index (χ3n) is 11.4. The van der Waals surface area contributed by atoms with Gasteiger partial charge in [-0.1, -0.05) is 24.3 Å². The number of rotatable bonds is 9. The van der Waals surface area contributed by atoms with E-state index in [2.05, 4.69) is 4.84 Å². The van der Waals surface area contributed by atoms with Crippen LogP contribution in [0.3, 0.4) is 0 Å². The maximum absolute atomic E-state index is 12.3. The average Bonchev–Trinajstić information content (AvgIpc) is 4.19. The molecule has 71 heavy (non-hydrogen) atoms. The molecule has 2 aromatic carbocycles. The SMILES string of the molecule is COC1O[C@H](CO)[C@H]2OC(C)(C)O[C@@H]12.COC1O[C@H](CON)[C@H]2OC(C)(C)O[C@@H]12.COC1O[C@H](CON2C(=O)c3ccccc3C2=O)[C@H]2OC(C)(C)O[C@@H]12.ClCCl.O=C1c2ccccc2C(=O)N1O.[Y].[Y]. The molecular formula is C44H59Cl2N3O20Y2. The monoisotopic (exact) mass is 1200 g/mol. The van der Waals surface area contributed by atoms with Crippen LogP contribution in [0.25, 0.3) is 0 Å². The van der Waals surface area contributed by atoms with Crippen molar-refractivity contribution >= 4 is 46.8 Å². The Bertz CT molecular complexity index is 2040. The number of methoxy groups -OCH3 is 3. The van der Waals surface area contributed by atoms with Gasteiger partial charge in [0.15, 0.2) is 36.2 Å². The van der Waals surface area contributed by atoms with Gasteiger partial charge in [0, 0.05) is 86.7 Å². The quantitative estimate of drug-likeness (QED) is 0.141. The Balaban J connectivity index is 0.000000208. The number of imide groups is 2. The van der Waals surface area contributed by atoms with Crippen LogP contribution in [0.5, 0.6) is 0 Å². The number of carbonyl (C=O) groups excluding carboxylic acids is 4. The molecule has 10 rings (SSSR count). The number of fused-ring (bicyclic) bond motifs is 5. The van der Waals surface area contributed by atoms with Crippen LogP contribution in [0.2, 0.25) is 0 Å². The second-order valence-electron chi connectivity index (χ2n) is 17.4. The van der Waals surface area contributed by atoms with Crippen LogP contribution in [0.4, 0.5) is 0 Å². The minimum atomic E-state index is -0.760. The van der Waals surface area contributed by atoms with E-state index < -0.39 is 78.2 Å². The molecule has 390 valence electrons. The Morgan fingerprint density at radius 3 is 1.17 bits per heavy atom. The molecule has 4 N–H and O–H groups in total. The number of hydroxylamine groups is 4. The first-order chi connectivity index (χ1) is 32.7. The van der Waals surface area contributed by atoms with E-state index in [-0.39, 0.29) is 143 Å². The molecule has 8 aliphatic heterocycles. The van der Waals surface area contributed by atoms with Crippen LogP contribution in [-0.2, 0) is 132 Å². The van der Waals surface area contributed by atoms with Gasteiger partial charge in [-0.15, -0.1) is 33.3 Å². The Morgan fingerprint density at radius 2 is 0.845 bits per heavy atom. The van der Waals surface area contributed by atoms with Crippen molar-refractivity contribution in [3.63, 3.8) is 0 Å². The van der Waals surface area contributed by atoms with Gasteiger partial charge < -0.3 is 66.8 Å². The number of aliphatic hydroxyl groups excluding tert-OH is 1. The minimum absolute atomic E-state index is 0. The predicted octanol–water partition coefficient (Wildman–Crippen LogP) is 2.83. The Kier molecular flexibility index (Phi) is 23.5. The van der Waals surface area contributed by atoms with E-state index >= 15 is 0 Å². The van der Waals surface area contributed by atoms with Crippen molar-refractivity contribution < 1.29 is 161 Å². The fourth-order valence-corrected chi connectivity index (χ4v) is 8.62. The van der Waals surface area contributed by atoms with Gasteiger partial charge in [-0.25, -0.2) is 5.90 Å². The first-order valence-corrected chi connectivity index (χ1v) is 22.7. The summed E-state index contributed by atoms with van der Waals surface area (Å²) in [5, 5.41) is 19.1. The van der Waals surface area contributed by atoms with E-state index in [4.69, 9.17) is 101 Å². The molecule has 3 unspecified atom stereocenters. The second-order valence-corrected chi connectivity index (χ2v) is 18.2. The van der Waals surface area contributed by atoms with Crippen LogP contribution in [-0.4, -0.2) is 182 Å².